The second kappa shape index (κ2) is 6.33. The number of aryl methyl sites for hydroxylation is 1. The molecule has 134 valence electrons. The number of alkyl halides is 3. The van der Waals surface area contributed by atoms with Crippen LogP contribution < -0.4 is 4.74 Å². The molecular formula is C19H14F3NO3. The summed E-state index contributed by atoms with van der Waals surface area (Å²) < 4.78 is 45.4. The molecule has 4 nitrogen and oxygen atoms in total. The number of benzene rings is 2. The molecule has 0 atom stereocenters. The molecule has 0 spiro atoms. The standard InChI is InChI=1S/C19H14F3NO3/c1-10-6-7-16(26-2)13(8-10)15-9-12(18(24)25)11-4-3-5-14(17(11)23-15)19(20,21)22/h3-9H,1-2H3,(H,24,25). The van der Waals surface area contributed by atoms with E-state index in [1.807, 2.05) is 6.92 Å². The fourth-order valence-corrected chi connectivity index (χ4v) is 2.81. The number of pyridine rings is 1. The first-order chi connectivity index (χ1) is 12.2. The summed E-state index contributed by atoms with van der Waals surface area (Å²) in [6.45, 7) is 1.81. The van der Waals surface area contributed by atoms with Crippen LogP contribution in [0.15, 0.2) is 42.5 Å². The van der Waals surface area contributed by atoms with Crippen LogP contribution in [0.25, 0.3) is 22.2 Å². The summed E-state index contributed by atoms with van der Waals surface area (Å²) in [5.74, 6) is -0.937. The molecule has 7 heteroatoms. The van der Waals surface area contributed by atoms with E-state index in [1.54, 1.807) is 18.2 Å². The average molecular weight is 361 g/mol. The number of hydrogen-bond donors (Lipinski definition) is 1. The van der Waals surface area contributed by atoms with Crippen molar-refractivity contribution >= 4 is 16.9 Å². The molecule has 1 aromatic heterocycles. The Kier molecular flexibility index (Phi) is 4.31. The van der Waals surface area contributed by atoms with Crippen LogP contribution in [0.5, 0.6) is 5.75 Å². The number of carbonyl (C=O) groups is 1. The van der Waals surface area contributed by atoms with Crippen molar-refractivity contribution in [3.8, 4) is 17.0 Å². The lowest BCUT2D eigenvalue weighted by atomic mass is 10.00. The highest BCUT2D eigenvalue weighted by molar-refractivity contribution is 6.04. The molecule has 26 heavy (non-hydrogen) atoms. The van der Waals surface area contributed by atoms with Gasteiger partial charge in [0.2, 0.25) is 0 Å². The first kappa shape index (κ1) is 17.7. The third kappa shape index (κ3) is 3.08. The highest BCUT2D eigenvalue weighted by Crippen LogP contribution is 2.37. The number of methoxy groups -OCH3 is 1. The van der Waals surface area contributed by atoms with Crippen LogP contribution in [0.4, 0.5) is 13.2 Å². The summed E-state index contributed by atoms with van der Waals surface area (Å²) in [5, 5.41) is 9.42. The fraction of sp³-hybridized carbons (Fsp3) is 0.158. The average Bonchev–Trinajstić information content (AvgIpc) is 2.59. The second-order valence-electron chi connectivity index (χ2n) is 5.76. The number of aromatic carboxylic acids is 1. The molecule has 2 aromatic carbocycles. The number of carboxylic acids is 1. The van der Waals surface area contributed by atoms with Crippen molar-refractivity contribution in [1.82, 2.24) is 4.98 Å². The van der Waals surface area contributed by atoms with Gasteiger partial charge in [0.05, 0.1) is 29.4 Å². The van der Waals surface area contributed by atoms with E-state index in [1.165, 1.54) is 25.3 Å². The van der Waals surface area contributed by atoms with Gasteiger partial charge < -0.3 is 9.84 Å². The Morgan fingerprint density at radius 3 is 2.50 bits per heavy atom. The normalized spacial score (nSPS) is 11.6. The Labute approximate surface area is 146 Å². The molecule has 0 saturated carbocycles. The molecule has 0 aliphatic carbocycles. The lowest BCUT2D eigenvalue weighted by Crippen LogP contribution is -2.09. The van der Waals surface area contributed by atoms with Crippen molar-refractivity contribution in [2.75, 3.05) is 7.11 Å². The van der Waals surface area contributed by atoms with E-state index in [9.17, 15) is 23.1 Å². The lowest BCUT2D eigenvalue weighted by molar-refractivity contribution is -0.136. The monoisotopic (exact) mass is 361 g/mol. The zero-order valence-electron chi connectivity index (χ0n) is 13.9. The van der Waals surface area contributed by atoms with E-state index >= 15 is 0 Å². The molecule has 0 aliphatic rings. The largest absolute Gasteiger partial charge is 0.496 e. The van der Waals surface area contributed by atoms with Gasteiger partial charge in [0.15, 0.2) is 0 Å². The lowest BCUT2D eigenvalue weighted by Gasteiger charge is -2.14. The molecule has 0 radical (unpaired) electrons. The van der Waals surface area contributed by atoms with Crippen molar-refractivity contribution in [3.05, 3.63) is 59.2 Å². The van der Waals surface area contributed by atoms with E-state index in [4.69, 9.17) is 4.74 Å². The van der Waals surface area contributed by atoms with Crippen molar-refractivity contribution in [1.29, 1.82) is 0 Å². The Bertz CT molecular complexity index is 1010. The molecule has 3 aromatic rings. The van der Waals surface area contributed by atoms with E-state index in [-0.39, 0.29) is 16.6 Å². The summed E-state index contributed by atoms with van der Waals surface area (Å²) in [7, 11) is 1.43. The highest BCUT2D eigenvalue weighted by atomic mass is 19.4. The van der Waals surface area contributed by atoms with Crippen LogP contribution in [-0.2, 0) is 6.18 Å². The van der Waals surface area contributed by atoms with E-state index < -0.39 is 23.2 Å². The first-order valence-corrected chi connectivity index (χ1v) is 7.61. The number of hydrogen-bond acceptors (Lipinski definition) is 3. The SMILES string of the molecule is COc1ccc(C)cc1-c1cc(C(=O)O)c2cccc(C(F)(F)F)c2n1. The predicted octanol–water partition coefficient (Wildman–Crippen LogP) is 4.94. The van der Waals surface area contributed by atoms with Gasteiger partial charge in [-0.25, -0.2) is 9.78 Å². The zero-order valence-corrected chi connectivity index (χ0v) is 13.9. The Balaban J connectivity index is 2.42. The van der Waals surface area contributed by atoms with Gasteiger partial charge in [-0.05, 0) is 31.2 Å². The van der Waals surface area contributed by atoms with Crippen LogP contribution in [0, 0.1) is 6.92 Å². The van der Waals surface area contributed by atoms with E-state index in [0.717, 1.165) is 11.6 Å². The van der Waals surface area contributed by atoms with Gasteiger partial charge in [0.25, 0.3) is 0 Å². The van der Waals surface area contributed by atoms with Crippen LogP contribution >= 0.6 is 0 Å². The van der Waals surface area contributed by atoms with Gasteiger partial charge in [-0.15, -0.1) is 0 Å². The quantitative estimate of drug-likeness (QED) is 0.718. The van der Waals surface area contributed by atoms with Gasteiger partial charge in [-0.1, -0.05) is 23.8 Å². The number of aromatic nitrogens is 1. The van der Waals surface area contributed by atoms with Gasteiger partial charge in [0, 0.05) is 10.9 Å². The summed E-state index contributed by atoms with van der Waals surface area (Å²) in [5.41, 5.74) is -0.270. The van der Waals surface area contributed by atoms with Crippen molar-refractivity contribution in [3.63, 3.8) is 0 Å². The van der Waals surface area contributed by atoms with Gasteiger partial charge >= 0.3 is 12.1 Å². The molecule has 0 amide bonds. The second-order valence-corrected chi connectivity index (χ2v) is 5.76. The summed E-state index contributed by atoms with van der Waals surface area (Å²) in [6.07, 6.45) is -4.66. The molecule has 0 unspecified atom stereocenters. The highest BCUT2D eigenvalue weighted by Gasteiger charge is 2.34. The minimum absolute atomic E-state index is 0.0669. The Morgan fingerprint density at radius 1 is 1.15 bits per heavy atom. The summed E-state index contributed by atoms with van der Waals surface area (Å²) in [6, 6.07) is 9.77. The maximum Gasteiger partial charge on any atom is 0.418 e. The van der Waals surface area contributed by atoms with Crippen molar-refractivity contribution in [2.24, 2.45) is 0 Å². The zero-order chi connectivity index (χ0) is 19.1. The van der Waals surface area contributed by atoms with Crippen LogP contribution in [0.1, 0.15) is 21.5 Å². The Morgan fingerprint density at radius 2 is 1.88 bits per heavy atom. The molecule has 3 rings (SSSR count). The van der Waals surface area contributed by atoms with Crippen molar-refractivity contribution in [2.45, 2.75) is 13.1 Å². The fourth-order valence-electron chi connectivity index (χ4n) is 2.81. The minimum Gasteiger partial charge on any atom is -0.496 e. The molecule has 0 bridgehead atoms. The third-order valence-electron chi connectivity index (χ3n) is 4.01. The van der Waals surface area contributed by atoms with Crippen LogP contribution in [0.2, 0.25) is 0 Å². The molecule has 0 aliphatic heterocycles. The number of ether oxygens (including phenoxy) is 1. The molecule has 0 fully saturated rings. The van der Waals surface area contributed by atoms with Gasteiger partial charge in [-0.2, -0.15) is 13.2 Å². The molecule has 0 saturated heterocycles. The summed E-state index contributed by atoms with van der Waals surface area (Å²) >= 11 is 0. The third-order valence-corrected chi connectivity index (χ3v) is 4.01. The van der Waals surface area contributed by atoms with Gasteiger partial charge in [0.1, 0.15) is 5.75 Å². The first-order valence-electron chi connectivity index (χ1n) is 7.61. The Hall–Kier alpha value is -3.09. The number of para-hydroxylation sites is 1. The number of rotatable bonds is 3. The topological polar surface area (TPSA) is 59.4 Å². The maximum absolute atomic E-state index is 13.4. The smallest absolute Gasteiger partial charge is 0.418 e. The van der Waals surface area contributed by atoms with Crippen LogP contribution in [0.3, 0.4) is 0 Å². The number of halogens is 3. The minimum atomic E-state index is -4.66. The van der Waals surface area contributed by atoms with Crippen molar-refractivity contribution < 1.29 is 27.8 Å². The van der Waals surface area contributed by atoms with Crippen LogP contribution in [-0.4, -0.2) is 23.2 Å². The van der Waals surface area contributed by atoms with E-state index in [0.29, 0.717) is 11.3 Å². The number of carboxylic acid groups (broad SMARTS) is 1. The molecular weight excluding hydrogens is 347 g/mol. The number of fused-ring (bicyclic) bond motifs is 1. The van der Waals surface area contributed by atoms with E-state index in [2.05, 4.69) is 4.98 Å². The molecule has 1 N–H and O–H groups in total. The predicted molar refractivity (Wildman–Crippen MR) is 90.4 cm³/mol. The number of nitrogens with zero attached hydrogens (tertiary/aromatic N) is 1. The summed E-state index contributed by atoms with van der Waals surface area (Å²) in [4.78, 5) is 15.8. The van der Waals surface area contributed by atoms with Gasteiger partial charge in [-0.3, -0.25) is 0 Å². The molecule has 1 heterocycles. The maximum atomic E-state index is 13.4.